The molecule has 0 N–H and O–H groups in total. The van der Waals surface area contributed by atoms with Crippen molar-refractivity contribution in [2.24, 2.45) is 0 Å². The largest absolute Gasteiger partial charge is 0.377 e. The molecule has 3 nitrogen and oxygen atoms in total. The van der Waals surface area contributed by atoms with Crippen LogP contribution >= 0.6 is 0 Å². The van der Waals surface area contributed by atoms with Crippen LogP contribution < -0.4 is 0 Å². The summed E-state index contributed by atoms with van der Waals surface area (Å²) in [6.07, 6.45) is 0.907. The highest BCUT2D eigenvalue weighted by molar-refractivity contribution is 4.71. The first-order valence-corrected chi connectivity index (χ1v) is 4.91. The Kier molecular flexibility index (Phi) is 7.66. The molecule has 3 heteroatoms. The summed E-state index contributed by atoms with van der Waals surface area (Å²) >= 11 is 0. The molecule has 76 valence electrons. The van der Waals surface area contributed by atoms with Gasteiger partial charge < -0.3 is 9.64 Å². The van der Waals surface area contributed by atoms with E-state index in [1.54, 1.807) is 0 Å². The molecular weight excluding hydrogens is 164 g/mol. The van der Waals surface area contributed by atoms with Crippen LogP contribution in [0.1, 0.15) is 27.2 Å². The molecule has 0 aromatic rings. The van der Waals surface area contributed by atoms with Crippen molar-refractivity contribution in [3.63, 3.8) is 0 Å². The van der Waals surface area contributed by atoms with E-state index in [9.17, 15) is 0 Å². The van der Waals surface area contributed by atoms with Crippen molar-refractivity contribution in [1.29, 1.82) is 5.26 Å². The second kappa shape index (κ2) is 8.03. The number of likely N-dealkylation sites (N-methyl/N-ethyl adjacent to an activating group) is 1. The van der Waals surface area contributed by atoms with Crippen LogP contribution in [0.4, 0.5) is 0 Å². The van der Waals surface area contributed by atoms with Gasteiger partial charge in [-0.2, -0.15) is 5.26 Å². The van der Waals surface area contributed by atoms with Crippen molar-refractivity contribution >= 4 is 0 Å². The van der Waals surface area contributed by atoms with Crippen LogP contribution in [-0.2, 0) is 4.74 Å². The van der Waals surface area contributed by atoms with E-state index in [0.29, 0.717) is 12.5 Å². The predicted molar refractivity (Wildman–Crippen MR) is 53.4 cm³/mol. The van der Waals surface area contributed by atoms with Gasteiger partial charge in [0.2, 0.25) is 0 Å². The first kappa shape index (κ1) is 12.4. The van der Waals surface area contributed by atoms with Crippen LogP contribution in [0.15, 0.2) is 0 Å². The topological polar surface area (TPSA) is 36.3 Å². The summed E-state index contributed by atoms with van der Waals surface area (Å²) in [5, 5.41) is 8.42. The maximum atomic E-state index is 8.42. The number of ether oxygens (including phenoxy) is 1. The van der Waals surface area contributed by atoms with Crippen LogP contribution in [0.5, 0.6) is 0 Å². The summed E-state index contributed by atoms with van der Waals surface area (Å²) in [6.45, 7) is 9.70. The zero-order chi connectivity index (χ0) is 10.1. The molecule has 0 amide bonds. The second-order valence-corrected chi connectivity index (χ2v) is 3.26. The molecule has 0 aromatic carbocycles. The lowest BCUT2D eigenvalue weighted by Crippen LogP contribution is -2.29. The zero-order valence-electron chi connectivity index (χ0n) is 8.92. The summed E-state index contributed by atoms with van der Waals surface area (Å²) < 4.78 is 5.43. The van der Waals surface area contributed by atoms with Crippen LogP contribution in [0.2, 0.25) is 0 Å². The Morgan fingerprint density at radius 3 is 2.54 bits per heavy atom. The molecule has 0 aliphatic heterocycles. The van der Waals surface area contributed by atoms with Crippen molar-refractivity contribution in [3.05, 3.63) is 0 Å². The third kappa shape index (κ3) is 7.76. The van der Waals surface area contributed by atoms with Crippen molar-refractivity contribution in [2.45, 2.75) is 33.3 Å². The molecule has 0 radical (unpaired) electrons. The normalized spacial score (nSPS) is 10.8. The number of rotatable bonds is 7. The molecule has 0 saturated heterocycles. The summed E-state index contributed by atoms with van der Waals surface area (Å²) in [6, 6.07) is 2.15. The molecule has 0 saturated carbocycles. The van der Waals surface area contributed by atoms with Gasteiger partial charge >= 0.3 is 0 Å². The number of nitrogens with zero attached hydrogens (tertiary/aromatic N) is 2. The fraction of sp³-hybridized carbons (Fsp3) is 0.900. The molecule has 0 fully saturated rings. The van der Waals surface area contributed by atoms with Crippen molar-refractivity contribution in [1.82, 2.24) is 4.90 Å². The molecule has 0 aliphatic rings. The lowest BCUT2D eigenvalue weighted by Gasteiger charge is -2.19. The van der Waals surface area contributed by atoms with E-state index in [4.69, 9.17) is 10.00 Å². The number of nitriles is 1. The fourth-order valence-electron chi connectivity index (χ4n) is 1.05. The maximum Gasteiger partial charge on any atom is 0.0635 e. The summed E-state index contributed by atoms with van der Waals surface area (Å²) in [5.74, 6) is 0. The molecule has 0 bridgehead atoms. The average molecular weight is 184 g/mol. The highest BCUT2D eigenvalue weighted by Crippen LogP contribution is 1.93. The summed E-state index contributed by atoms with van der Waals surface area (Å²) in [4.78, 5) is 2.23. The molecular formula is C10H20N2O. The predicted octanol–water partition coefficient (Wildman–Crippen LogP) is 1.65. The monoisotopic (exact) mass is 184 g/mol. The first-order chi connectivity index (χ1) is 6.20. The third-order valence-electron chi connectivity index (χ3n) is 1.85. The van der Waals surface area contributed by atoms with Gasteiger partial charge in [0, 0.05) is 19.5 Å². The SMILES string of the molecule is CCN(CCC#N)CCOC(C)C. The van der Waals surface area contributed by atoms with Gasteiger partial charge in [0.05, 0.1) is 18.8 Å². The van der Waals surface area contributed by atoms with Gasteiger partial charge in [0.1, 0.15) is 0 Å². The Balaban J connectivity index is 3.43. The van der Waals surface area contributed by atoms with Gasteiger partial charge in [-0.05, 0) is 20.4 Å². The zero-order valence-corrected chi connectivity index (χ0v) is 8.92. The minimum Gasteiger partial charge on any atom is -0.377 e. The van der Waals surface area contributed by atoms with Crippen molar-refractivity contribution in [2.75, 3.05) is 26.2 Å². The van der Waals surface area contributed by atoms with Gasteiger partial charge in [-0.15, -0.1) is 0 Å². The Hall–Kier alpha value is -0.590. The minimum atomic E-state index is 0.301. The molecule has 13 heavy (non-hydrogen) atoms. The van der Waals surface area contributed by atoms with Crippen LogP contribution in [0, 0.1) is 11.3 Å². The second-order valence-electron chi connectivity index (χ2n) is 3.26. The lowest BCUT2D eigenvalue weighted by molar-refractivity contribution is 0.0604. The number of hydrogen-bond donors (Lipinski definition) is 0. The van der Waals surface area contributed by atoms with Gasteiger partial charge in [0.25, 0.3) is 0 Å². The highest BCUT2D eigenvalue weighted by Gasteiger charge is 2.01. The average Bonchev–Trinajstić information content (AvgIpc) is 2.10. The molecule has 0 rings (SSSR count). The van der Waals surface area contributed by atoms with E-state index in [2.05, 4.69) is 17.9 Å². The van der Waals surface area contributed by atoms with Gasteiger partial charge in [0.15, 0.2) is 0 Å². The van der Waals surface area contributed by atoms with Crippen molar-refractivity contribution < 1.29 is 4.74 Å². The Morgan fingerprint density at radius 2 is 2.08 bits per heavy atom. The molecule has 0 spiro atoms. The molecule has 0 heterocycles. The van der Waals surface area contributed by atoms with Crippen molar-refractivity contribution in [3.8, 4) is 6.07 Å². The summed E-state index contributed by atoms with van der Waals surface area (Å²) in [5.41, 5.74) is 0. The number of hydrogen-bond acceptors (Lipinski definition) is 3. The minimum absolute atomic E-state index is 0.301. The first-order valence-electron chi connectivity index (χ1n) is 4.91. The van der Waals surface area contributed by atoms with Crippen LogP contribution in [0.3, 0.4) is 0 Å². The van der Waals surface area contributed by atoms with Gasteiger partial charge in [-0.3, -0.25) is 0 Å². The molecule has 0 unspecified atom stereocenters. The molecule has 0 aromatic heterocycles. The van der Waals surface area contributed by atoms with Gasteiger partial charge in [-0.1, -0.05) is 6.92 Å². The third-order valence-corrected chi connectivity index (χ3v) is 1.85. The fourth-order valence-corrected chi connectivity index (χ4v) is 1.05. The van der Waals surface area contributed by atoms with Gasteiger partial charge in [-0.25, -0.2) is 0 Å². The van der Waals surface area contributed by atoms with E-state index in [1.807, 2.05) is 13.8 Å². The van der Waals surface area contributed by atoms with E-state index >= 15 is 0 Å². The highest BCUT2D eigenvalue weighted by atomic mass is 16.5. The standard InChI is InChI=1S/C10H20N2O/c1-4-12(7-5-6-11)8-9-13-10(2)3/h10H,4-5,7-9H2,1-3H3. The summed E-state index contributed by atoms with van der Waals surface area (Å²) in [7, 11) is 0. The smallest absolute Gasteiger partial charge is 0.0635 e. The van der Waals surface area contributed by atoms with E-state index in [1.165, 1.54) is 0 Å². The Labute approximate surface area is 81.3 Å². The Bertz CT molecular complexity index is 151. The quantitative estimate of drug-likeness (QED) is 0.603. The molecule has 0 aliphatic carbocycles. The maximum absolute atomic E-state index is 8.42. The van der Waals surface area contributed by atoms with Crippen LogP contribution in [-0.4, -0.2) is 37.2 Å². The Morgan fingerprint density at radius 1 is 1.38 bits per heavy atom. The molecule has 0 atom stereocenters. The van der Waals surface area contributed by atoms with Crippen LogP contribution in [0.25, 0.3) is 0 Å². The van der Waals surface area contributed by atoms with E-state index < -0.39 is 0 Å². The van der Waals surface area contributed by atoms with E-state index in [0.717, 1.165) is 26.2 Å². The lowest BCUT2D eigenvalue weighted by atomic mass is 10.4. The van der Waals surface area contributed by atoms with E-state index in [-0.39, 0.29) is 0 Å².